The second kappa shape index (κ2) is 4.85. The van der Waals surface area contributed by atoms with Gasteiger partial charge in [0.2, 0.25) is 5.91 Å². The quantitative estimate of drug-likeness (QED) is 0.590. The highest BCUT2D eigenvalue weighted by Crippen LogP contribution is 2.46. The van der Waals surface area contributed by atoms with Crippen LogP contribution in [0.1, 0.15) is 19.3 Å². The highest BCUT2D eigenvalue weighted by molar-refractivity contribution is 8.00. The summed E-state index contributed by atoms with van der Waals surface area (Å²) in [4.78, 5) is 21.7. The molecule has 86 valence electrons. The van der Waals surface area contributed by atoms with Crippen LogP contribution in [0.25, 0.3) is 0 Å². The molecule has 0 bridgehead atoms. The van der Waals surface area contributed by atoms with Gasteiger partial charge in [0.15, 0.2) is 0 Å². The van der Waals surface area contributed by atoms with Gasteiger partial charge in [-0.05, 0) is 19.1 Å². The van der Waals surface area contributed by atoms with Crippen LogP contribution in [-0.4, -0.2) is 40.6 Å². The zero-order valence-electron chi connectivity index (χ0n) is 8.66. The van der Waals surface area contributed by atoms with Crippen molar-refractivity contribution in [1.82, 2.24) is 5.32 Å². The van der Waals surface area contributed by atoms with Gasteiger partial charge in [-0.15, -0.1) is 0 Å². The molecule has 0 saturated heterocycles. The fourth-order valence-electron chi connectivity index (χ4n) is 1.25. The summed E-state index contributed by atoms with van der Waals surface area (Å²) in [7, 11) is 0. The van der Waals surface area contributed by atoms with E-state index in [4.69, 9.17) is 10.8 Å². The van der Waals surface area contributed by atoms with E-state index in [2.05, 4.69) is 5.32 Å². The molecular weight excluding hydrogens is 216 g/mol. The number of carbonyl (C=O) groups excluding carboxylic acids is 1. The van der Waals surface area contributed by atoms with Crippen LogP contribution in [-0.2, 0) is 9.59 Å². The lowest BCUT2D eigenvalue weighted by molar-refractivity contribution is -0.139. The molecule has 4 N–H and O–H groups in total. The van der Waals surface area contributed by atoms with Crippen LogP contribution >= 0.6 is 11.8 Å². The molecule has 6 heteroatoms. The topological polar surface area (TPSA) is 92.4 Å². The first kappa shape index (κ1) is 12.3. The molecule has 1 amide bonds. The number of rotatable bonds is 6. The maximum atomic E-state index is 11.4. The van der Waals surface area contributed by atoms with E-state index in [0.717, 1.165) is 12.8 Å². The Bertz CT molecular complexity index is 266. The molecule has 15 heavy (non-hydrogen) atoms. The first-order valence-electron chi connectivity index (χ1n) is 4.79. The Morgan fingerprint density at radius 2 is 2.20 bits per heavy atom. The average Bonchev–Trinajstić information content (AvgIpc) is 2.94. The fraction of sp³-hybridized carbons (Fsp3) is 0.778. The summed E-state index contributed by atoms with van der Waals surface area (Å²) in [6.45, 7) is 0.584. The Hall–Kier alpha value is -0.750. The minimum Gasteiger partial charge on any atom is -0.481 e. The first-order chi connectivity index (χ1) is 6.99. The van der Waals surface area contributed by atoms with Crippen LogP contribution in [0, 0.1) is 0 Å². The van der Waals surface area contributed by atoms with E-state index in [1.165, 1.54) is 0 Å². The van der Waals surface area contributed by atoms with E-state index in [1.54, 1.807) is 11.8 Å². The molecule has 1 aliphatic carbocycles. The van der Waals surface area contributed by atoms with E-state index in [0.29, 0.717) is 6.54 Å². The van der Waals surface area contributed by atoms with Crippen LogP contribution in [0.4, 0.5) is 0 Å². The summed E-state index contributed by atoms with van der Waals surface area (Å²) in [5, 5.41) is 11.1. The van der Waals surface area contributed by atoms with Crippen LogP contribution in [0.2, 0.25) is 0 Å². The number of nitrogens with one attached hydrogen (secondary N) is 1. The molecule has 0 radical (unpaired) electrons. The number of aliphatic carboxylic acids is 1. The summed E-state index contributed by atoms with van der Waals surface area (Å²) in [5.74, 6) is -1.43. The monoisotopic (exact) mass is 232 g/mol. The largest absolute Gasteiger partial charge is 0.481 e. The second-order valence-corrected chi connectivity index (χ2v) is 5.08. The van der Waals surface area contributed by atoms with Crippen molar-refractivity contribution in [3.05, 3.63) is 0 Å². The van der Waals surface area contributed by atoms with Crippen LogP contribution in [0.5, 0.6) is 0 Å². The standard InChI is InChI=1S/C9H16N2O3S/c1-15-9(2-3-9)5-11-8(14)6(10)4-7(12)13/h6H,2-5,10H2,1H3,(H,11,14)(H,12,13). The Morgan fingerprint density at radius 1 is 1.60 bits per heavy atom. The van der Waals surface area contributed by atoms with Crippen molar-refractivity contribution in [2.24, 2.45) is 5.73 Å². The number of carboxylic acids is 1. The molecule has 0 aromatic heterocycles. The third-order valence-corrected chi connectivity index (χ3v) is 3.98. The minimum atomic E-state index is -1.05. The second-order valence-electron chi connectivity index (χ2n) is 3.81. The molecule has 0 aliphatic heterocycles. The Balaban J connectivity index is 2.26. The normalized spacial score (nSPS) is 19.3. The van der Waals surface area contributed by atoms with E-state index in [9.17, 15) is 9.59 Å². The zero-order chi connectivity index (χ0) is 11.5. The van der Waals surface area contributed by atoms with Crippen LogP contribution < -0.4 is 11.1 Å². The number of amides is 1. The molecule has 0 aromatic rings. The highest BCUT2D eigenvalue weighted by atomic mass is 32.2. The molecule has 0 heterocycles. The predicted molar refractivity (Wildman–Crippen MR) is 58.7 cm³/mol. The number of carbonyl (C=O) groups is 2. The SMILES string of the molecule is CSC1(CNC(=O)C(N)CC(=O)O)CC1. The van der Waals surface area contributed by atoms with E-state index >= 15 is 0 Å². The average molecular weight is 232 g/mol. The van der Waals surface area contributed by atoms with E-state index in [-0.39, 0.29) is 17.1 Å². The van der Waals surface area contributed by atoms with Crippen LogP contribution in [0.15, 0.2) is 0 Å². The van der Waals surface area contributed by atoms with E-state index < -0.39 is 12.0 Å². The van der Waals surface area contributed by atoms with Gasteiger partial charge >= 0.3 is 5.97 Å². The summed E-state index contributed by atoms with van der Waals surface area (Å²) in [6, 6.07) is -0.944. The van der Waals surface area contributed by atoms with Crippen molar-refractivity contribution in [3.8, 4) is 0 Å². The summed E-state index contributed by atoms with van der Waals surface area (Å²) in [5.41, 5.74) is 5.41. The molecule has 5 nitrogen and oxygen atoms in total. The van der Waals surface area contributed by atoms with Gasteiger partial charge in [-0.3, -0.25) is 9.59 Å². The number of nitrogens with two attached hydrogens (primary N) is 1. The number of hydrogen-bond donors (Lipinski definition) is 3. The molecule has 0 aromatic carbocycles. The highest BCUT2D eigenvalue weighted by Gasteiger charge is 2.42. The Kier molecular flexibility index (Phi) is 3.98. The van der Waals surface area contributed by atoms with Gasteiger partial charge in [-0.2, -0.15) is 11.8 Å². The maximum Gasteiger partial charge on any atom is 0.305 e. The van der Waals surface area contributed by atoms with Crippen molar-refractivity contribution in [3.63, 3.8) is 0 Å². The maximum absolute atomic E-state index is 11.4. The number of thioether (sulfide) groups is 1. The molecule has 1 unspecified atom stereocenters. The molecule has 0 spiro atoms. The van der Waals surface area contributed by atoms with Crippen molar-refractivity contribution in [2.45, 2.75) is 30.1 Å². The number of carboxylic acid groups (broad SMARTS) is 1. The Labute approximate surface area is 92.8 Å². The minimum absolute atomic E-state index is 0.179. The smallest absolute Gasteiger partial charge is 0.305 e. The lowest BCUT2D eigenvalue weighted by Gasteiger charge is -2.15. The van der Waals surface area contributed by atoms with Gasteiger partial charge in [-0.25, -0.2) is 0 Å². The molecular formula is C9H16N2O3S. The third-order valence-electron chi connectivity index (χ3n) is 2.56. The van der Waals surface area contributed by atoms with Crippen LogP contribution in [0.3, 0.4) is 0 Å². The van der Waals surface area contributed by atoms with Crippen molar-refractivity contribution >= 4 is 23.6 Å². The van der Waals surface area contributed by atoms with E-state index in [1.807, 2.05) is 6.26 Å². The van der Waals surface area contributed by atoms with Gasteiger partial charge in [0.25, 0.3) is 0 Å². The van der Waals surface area contributed by atoms with Crippen molar-refractivity contribution in [1.29, 1.82) is 0 Å². The Morgan fingerprint density at radius 3 is 2.60 bits per heavy atom. The zero-order valence-corrected chi connectivity index (χ0v) is 9.47. The molecule has 1 rings (SSSR count). The molecule has 1 saturated carbocycles. The predicted octanol–water partition coefficient (Wildman–Crippen LogP) is -0.200. The van der Waals surface area contributed by atoms with Gasteiger partial charge in [0, 0.05) is 11.3 Å². The molecule has 1 aliphatic rings. The molecule has 1 fully saturated rings. The van der Waals surface area contributed by atoms with Gasteiger partial charge < -0.3 is 16.2 Å². The van der Waals surface area contributed by atoms with Gasteiger partial charge in [0.1, 0.15) is 0 Å². The summed E-state index contributed by atoms with van der Waals surface area (Å²) in [6.07, 6.45) is 3.89. The van der Waals surface area contributed by atoms with Gasteiger partial charge in [-0.1, -0.05) is 0 Å². The summed E-state index contributed by atoms with van der Waals surface area (Å²) >= 11 is 1.73. The summed E-state index contributed by atoms with van der Waals surface area (Å²) < 4.78 is 0.179. The third kappa shape index (κ3) is 3.71. The first-order valence-corrected chi connectivity index (χ1v) is 6.02. The number of hydrogen-bond acceptors (Lipinski definition) is 4. The fourth-order valence-corrected chi connectivity index (χ4v) is 1.98. The van der Waals surface area contributed by atoms with Crippen molar-refractivity contribution < 1.29 is 14.7 Å². The lowest BCUT2D eigenvalue weighted by atomic mass is 10.2. The van der Waals surface area contributed by atoms with Gasteiger partial charge in [0.05, 0.1) is 12.5 Å². The molecule has 1 atom stereocenters. The van der Waals surface area contributed by atoms with Crippen molar-refractivity contribution in [2.75, 3.05) is 12.8 Å². The lowest BCUT2D eigenvalue weighted by Crippen LogP contribution is -2.44.